The first-order valence-corrected chi connectivity index (χ1v) is 9.82. The number of aromatic nitrogens is 2. The van der Waals surface area contributed by atoms with Crippen molar-refractivity contribution in [2.45, 2.75) is 55.8 Å². The Kier molecular flexibility index (Phi) is 5.20. The van der Waals surface area contributed by atoms with Gasteiger partial charge < -0.3 is 10.0 Å². The van der Waals surface area contributed by atoms with Gasteiger partial charge in [0.2, 0.25) is 10.3 Å². The van der Waals surface area contributed by atoms with Gasteiger partial charge in [0, 0.05) is 30.0 Å². The number of aliphatic hydroxyl groups excluding tert-OH is 1. The van der Waals surface area contributed by atoms with Crippen molar-refractivity contribution in [3.63, 3.8) is 0 Å². The molecule has 1 saturated carbocycles. The van der Waals surface area contributed by atoms with Gasteiger partial charge in [-0.15, -0.1) is 0 Å². The van der Waals surface area contributed by atoms with E-state index in [0.717, 1.165) is 45.1 Å². The maximum absolute atomic E-state index is 12.5. The van der Waals surface area contributed by atoms with Crippen molar-refractivity contribution in [3.05, 3.63) is 0 Å². The average Bonchev–Trinajstić information content (AvgIpc) is 3.16. The largest absolute Gasteiger partial charge is 0.393 e. The van der Waals surface area contributed by atoms with E-state index in [2.05, 4.69) is 14.7 Å². The number of aliphatic hydroxyl groups is 1. The second-order valence-electron chi connectivity index (χ2n) is 5.94. The summed E-state index contributed by atoms with van der Waals surface area (Å²) in [6.45, 7) is 0.758. The number of likely N-dealkylation sites (tertiary alicyclic amines) is 1. The van der Waals surface area contributed by atoms with Crippen LogP contribution in [0.2, 0.25) is 0 Å². The molecule has 22 heavy (non-hydrogen) atoms. The molecule has 0 aromatic carbocycles. The Balaban J connectivity index is 1.65. The number of thioether (sulfide) groups is 1. The summed E-state index contributed by atoms with van der Waals surface area (Å²) in [5, 5.41) is 14.4. The van der Waals surface area contributed by atoms with Gasteiger partial charge in [-0.2, -0.15) is 9.36 Å². The number of hydrogen-bond donors (Lipinski definition) is 2. The fourth-order valence-electron chi connectivity index (χ4n) is 3.59. The highest BCUT2D eigenvalue weighted by atomic mass is 32.2. The summed E-state index contributed by atoms with van der Waals surface area (Å²) in [6, 6.07) is 0.0484. The molecule has 2 aliphatic rings. The first-order chi connectivity index (χ1) is 10.7. The number of urea groups is 1. The van der Waals surface area contributed by atoms with Gasteiger partial charge in [0.05, 0.1) is 6.10 Å². The molecule has 1 aromatic heterocycles. The minimum atomic E-state index is -0.267. The van der Waals surface area contributed by atoms with Gasteiger partial charge in [0.15, 0.2) is 0 Å². The number of hydrogen-bond acceptors (Lipinski definition) is 6. The van der Waals surface area contributed by atoms with Crippen molar-refractivity contribution in [3.8, 4) is 0 Å². The lowest BCUT2D eigenvalue weighted by Crippen LogP contribution is -2.46. The Bertz CT molecular complexity index is 525. The Morgan fingerprint density at radius 2 is 2.18 bits per heavy atom. The fourth-order valence-corrected chi connectivity index (χ4v) is 4.70. The van der Waals surface area contributed by atoms with Gasteiger partial charge in [-0.25, -0.2) is 4.79 Å². The van der Waals surface area contributed by atoms with Crippen LogP contribution in [-0.2, 0) is 0 Å². The Labute approximate surface area is 138 Å². The predicted octanol–water partition coefficient (Wildman–Crippen LogP) is 2.81. The first-order valence-electron chi connectivity index (χ1n) is 7.82. The van der Waals surface area contributed by atoms with Gasteiger partial charge in [0.25, 0.3) is 0 Å². The third kappa shape index (κ3) is 3.38. The molecule has 0 spiro atoms. The summed E-state index contributed by atoms with van der Waals surface area (Å²) in [5.41, 5.74) is 0. The number of carbonyl (C=O) groups excluding carboxylic acids is 1. The van der Waals surface area contributed by atoms with Crippen LogP contribution in [0, 0.1) is 5.92 Å². The lowest BCUT2D eigenvalue weighted by Gasteiger charge is -2.36. The zero-order chi connectivity index (χ0) is 15.5. The lowest BCUT2D eigenvalue weighted by atomic mass is 9.80. The van der Waals surface area contributed by atoms with Crippen molar-refractivity contribution in [2.24, 2.45) is 5.92 Å². The van der Waals surface area contributed by atoms with E-state index < -0.39 is 0 Å². The number of rotatable bonds is 3. The van der Waals surface area contributed by atoms with Crippen molar-refractivity contribution < 1.29 is 9.90 Å². The number of nitrogens with zero attached hydrogens (tertiary/aromatic N) is 3. The molecule has 1 aliphatic heterocycles. The standard InChI is InChI=1S/C14H22N4O2S2/c1-21-13-15-12(22-17-13)16-14(20)18-8-4-6-10(18)9-5-2-3-7-11(9)19/h9-11,19H,2-8H2,1H3,(H,15,16,17,20)/t9-,10+,11-/m0/s1. The minimum absolute atomic E-state index is 0.107. The fraction of sp³-hybridized carbons (Fsp3) is 0.786. The van der Waals surface area contributed by atoms with Crippen LogP contribution < -0.4 is 5.32 Å². The van der Waals surface area contributed by atoms with Crippen molar-refractivity contribution in [1.29, 1.82) is 0 Å². The van der Waals surface area contributed by atoms with Gasteiger partial charge in [0.1, 0.15) is 0 Å². The van der Waals surface area contributed by atoms with E-state index in [1.807, 2.05) is 11.2 Å². The number of amides is 2. The van der Waals surface area contributed by atoms with Gasteiger partial charge in [-0.05, 0) is 31.9 Å². The Morgan fingerprint density at radius 3 is 2.91 bits per heavy atom. The highest BCUT2D eigenvalue weighted by Gasteiger charge is 2.39. The summed E-state index contributed by atoms with van der Waals surface area (Å²) in [5.74, 6) is 0.221. The molecule has 1 aliphatic carbocycles. The SMILES string of the molecule is CSc1nsc(NC(=O)N2CCC[C@@H]2[C@@H]2CCCC[C@@H]2O)n1. The first kappa shape index (κ1) is 16.0. The van der Waals surface area contributed by atoms with E-state index >= 15 is 0 Å². The van der Waals surface area contributed by atoms with E-state index in [1.165, 1.54) is 23.3 Å². The molecule has 3 rings (SSSR count). The van der Waals surface area contributed by atoms with Crippen LogP contribution in [0.25, 0.3) is 0 Å². The van der Waals surface area contributed by atoms with Gasteiger partial charge >= 0.3 is 6.03 Å². The summed E-state index contributed by atoms with van der Waals surface area (Å²) in [6.07, 6.45) is 7.77. The second-order valence-corrected chi connectivity index (χ2v) is 7.46. The van der Waals surface area contributed by atoms with Gasteiger partial charge in [-0.3, -0.25) is 5.32 Å². The van der Waals surface area contributed by atoms with E-state index in [1.54, 1.807) is 0 Å². The van der Waals surface area contributed by atoms with E-state index in [9.17, 15) is 9.90 Å². The quantitative estimate of drug-likeness (QED) is 0.826. The lowest BCUT2D eigenvalue weighted by molar-refractivity contribution is 0.0320. The number of anilines is 1. The molecule has 0 unspecified atom stereocenters. The maximum Gasteiger partial charge on any atom is 0.323 e. The third-order valence-corrected chi connectivity index (χ3v) is 5.93. The molecule has 122 valence electrons. The molecule has 2 N–H and O–H groups in total. The molecular weight excluding hydrogens is 320 g/mol. The Morgan fingerprint density at radius 1 is 1.36 bits per heavy atom. The highest BCUT2D eigenvalue weighted by molar-refractivity contribution is 7.98. The molecule has 3 atom stereocenters. The van der Waals surface area contributed by atoms with Crippen LogP contribution in [0.5, 0.6) is 0 Å². The second kappa shape index (κ2) is 7.14. The molecular formula is C14H22N4O2S2. The van der Waals surface area contributed by atoms with Crippen LogP contribution in [0.15, 0.2) is 5.16 Å². The van der Waals surface area contributed by atoms with E-state index in [0.29, 0.717) is 10.3 Å². The molecule has 1 saturated heterocycles. The molecule has 0 radical (unpaired) electrons. The Hall–Kier alpha value is -0.860. The molecule has 8 heteroatoms. The molecule has 6 nitrogen and oxygen atoms in total. The van der Waals surface area contributed by atoms with Crippen LogP contribution >= 0.6 is 23.3 Å². The highest BCUT2D eigenvalue weighted by Crippen LogP contribution is 2.35. The summed E-state index contributed by atoms with van der Waals surface area (Å²) < 4.78 is 4.16. The van der Waals surface area contributed by atoms with Crippen LogP contribution in [0.3, 0.4) is 0 Å². The number of carbonyl (C=O) groups is 1. The van der Waals surface area contributed by atoms with Crippen LogP contribution in [0.4, 0.5) is 9.93 Å². The van der Waals surface area contributed by atoms with Crippen molar-refractivity contribution in [2.75, 3.05) is 18.1 Å². The minimum Gasteiger partial charge on any atom is -0.393 e. The number of nitrogens with one attached hydrogen (secondary N) is 1. The molecule has 2 fully saturated rings. The van der Waals surface area contributed by atoms with E-state index in [-0.39, 0.29) is 24.1 Å². The summed E-state index contributed by atoms with van der Waals surface area (Å²) >= 11 is 2.67. The molecule has 2 amide bonds. The van der Waals surface area contributed by atoms with Crippen LogP contribution in [-0.4, -0.2) is 50.3 Å². The van der Waals surface area contributed by atoms with Crippen LogP contribution in [0.1, 0.15) is 38.5 Å². The van der Waals surface area contributed by atoms with Crippen molar-refractivity contribution in [1.82, 2.24) is 14.3 Å². The summed E-state index contributed by atoms with van der Waals surface area (Å²) in [7, 11) is 0. The molecule has 0 bridgehead atoms. The van der Waals surface area contributed by atoms with Gasteiger partial charge in [-0.1, -0.05) is 24.6 Å². The molecule has 1 aromatic rings. The average molecular weight is 342 g/mol. The summed E-state index contributed by atoms with van der Waals surface area (Å²) in [4.78, 5) is 18.7. The molecule has 2 heterocycles. The zero-order valence-electron chi connectivity index (χ0n) is 12.7. The zero-order valence-corrected chi connectivity index (χ0v) is 14.3. The smallest absolute Gasteiger partial charge is 0.323 e. The topological polar surface area (TPSA) is 78.4 Å². The normalized spacial score (nSPS) is 28.8. The van der Waals surface area contributed by atoms with E-state index in [4.69, 9.17) is 0 Å². The van der Waals surface area contributed by atoms with Crippen molar-refractivity contribution >= 4 is 34.5 Å². The maximum atomic E-state index is 12.5. The predicted molar refractivity (Wildman–Crippen MR) is 88.4 cm³/mol. The third-order valence-electron chi connectivity index (χ3n) is 4.64. The monoisotopic (exact) mass is 342 g/mol.